The standard InChI is InChI=1S/C35H36F2N2O4/c1-21-8-9-23(3)31(12-21)34(40)26-10-22(2)11-27(17-26)35(41)43-33(20-39-19-24-6-5-7-30(15-24)42-4)32(38)16-25-13-28(36)18-29(37)14-25/h5-15,17-18,32-33,39H,16,19-20,38H2,1-4H3/t32-,33+/m0/s1. The van der Waals surface area contributed by atoms with Crippen molar-refractivity contribution in [1.29, 1.82) is 0 Å². The molecular weight excluding hydrogens is 550 g/mol. The molecule has 0 saturated heterocycles. The molecule has 0 radical (unpaired) electrons. The first-order valence-electron chi connectivity index (χ1n) is 14.0. The second-order valence-corrected chi connectivity index (χ2v) is 10.8. The summed E-state index contributed by atoms with van der Waals surface area (Å²) in [4.78, 5) is 26.9. The van der Waals surface area contributed by atoms with Crippen molar-refractivity contribution >= 4 is 11.8 Å². The Morgan fingerprint density at radius 2 is 1.56 bits per heavy atom. The number of rotatable bonds is 12. The minimum absolute atomic E-state index is 0.0671. The van der Waals surface area contributed by atoms with Gasteiger partial charge in [0.15, 0.2) is 5.78 Å². The summed E-state index contributed by atoms with van der Waals surface area (Å²) in [5.74, 6) is -1.58. The molecule has 0 aliphatic carbocycles. The number of esters is 1. The molecule has 3 N–H and O–H groups in total. The number of nitrogens with one attached hydrogen (secondary N) is 1. The van der Waals surface area contributed by atoms with Gasteiger partial charge in [-0.3, -0.25) is 4.79 Å². The molecule has 8 heteroatoms. The van der Waals surface area contributed by atoms with E-state index in [1.807, 2.05) is 56.3 Å². The van der Waals surface area contributed by atoms with Gasteiger partial charge in [0.25, 0.3) is 0 Å². The van der Waals surface area contributed by atoms with Crippen molar-refractivity contribution in [2.45, 2.75) is 45.9 Å². The lowest BCUT2D eigenvalue weighted by atomic mass is 9.95. The first kappa shape index (κ1) is 31.5. The van der Waals surface area contributed by atoms with Crippen LogP contribution in [-0.2, 0) is 17.7 Å². The molecule has 224 valence electrons. The van der Waals surface area contributed by atoms with E-state index >= 15 is 0 Å². The lowest BCUT2D eigenvalue weighted by Gasteiger charge is -2.25. The van der Waals surface area contributed by atoms with Crippen molar-refractivity contribution in [3.63, 3.8) is 0 Å². The Morgan fingerprint density at radius 1 is 0.837 bits per heavy atom. The van der Waals surface area contributed by atoms with Gasteiger partial charge < -0.3 is 20.5 Å². The first-order chi connectivity index (χ1) is 20.5. The molecule has 6 nitrogen and oxygen atoms in total. The molecule has 0 saturated carbocycles. The zero-order chi connectivity index (χ0) is 31.1. The number of methoxy groups -OCH3 is 1. The number of ketones is 1. The highest BCUT2D eigenvalue weighted by molar-refractivity contribution is 6.11. The van der Waals surface area contributed by atoms with E-state index in [0.717, 1.165) is 28.3 Å². The van der Waals surface area contributed by atoms with Crippen LogP contribution in [0.5, 0.6) is 5.75 Å². The van der Waals surface area contributed by atoms with Gasteiger partial charge in [0.2, 0.25) is 0 Å². The van der Waals surface area contributed by atoms with Gasteiger partial charge in [0.05, 0.1) is 12.7 Å². The maximum atomic E-state index is 13.9. The Kier molecular flexibility index (Phi) is 10.4. The number of benzene rings is 4. The number of hydrogen-bond donors (Lipinski definition) is 2. The van der Waals surface area contributed by atoms with Gasteiger partial charge in [-0.2, -0.15) is 0 Å². The third-order valence-electron chi connectivity index (χ3n) is 7.15. The molecule has 4 aromatic rings. The summed E-state index contributed by atoms with van der Waals surface area (Å²) < 4.78 is 38.9. The average molecular weight is 587 g/mol. The molecule has 4 aromatic carbocycles. The summed E-state index contributed by atoms with van der Waals surface area (Å²) >= 11 is 0. The van der Waals surface area contributed by atoms with E-state index in [2.05, 4.69) is 5.32 Å². The summed E-state index contributed by atoms with van der Waals surface area (Å²) in [5, 5.41) is 3.26. The maximum absolute atomic E-state index is 13.9. The van der Waals surface area contributed by atoms with Crippen LogP contribution in [-0.4, -0.2) is 37.6 Å². The van der Waals surface area contributed by atoms with Crippen molar-refractivity contribution in [3.8, 4) is 5.75 Å². The van der Waals surface area contributed by atoms with Crippen LogP contribution in [0.4, 0.5) is 8.78 Å². The Bertz CT molecular complexity index is 1600. The van der Waals surface area contributed by atoms with Gasteiger partial charge in [0.1, 0.15) is 23.5 Å². The van der Waals surface area contributed by atoms with Crippen molar-refractivity contribution in [2.24, 2.45) is 5.73 Å². The lowest BCUT2D eigenvalue weighted by molar-refractivity contribution is 0.0238. The average Bonchev–Trinajstić information content (AvgIpc) is 2.96. The molecule has 0 fully saturated rings. The van der Waals surface area contributed by atoms with Crippen LogP contribution in [0.2, 0.25) is 0 Å². The van der Waals surface area contributed by atoms with Crippen molar-refractivity contribution in [3.05, 3.63) is 135 Å². The van der Waals surface area contributed by atoms with Crippen LogP contribution in [0, 0.1) is 32.4 Å². The van der Waals surface area contributed by atoms with E-state index in [1.165, 1.54) is 18.2 Å². The topological polar surface area (TPSA) is 90.6 Å². The molecule has 0 unspecified atom stereocenters. The number of halogens is 2. The molecule has 43 heavy (non-hydrogen) atoms. The van der Waals surface area contributed by atoms with E-state index in [-0.39, 0.29) is 24.3 Å². The van der Waals surface area contributed by atoms with E-state index in [9.17, 15) is 18.4 Å². The molecule has 0 aliphatic heterocycles. The fraction of sp³-hybridized carbons (Fsp3) is 0.257. The van der Waals surface area contributed by atoms with E-state index in [4.69, 9.17) is 15.2 Å². The molecule has 0 aromatic heterocycles. The quantitative estimate of drug-likeness (QED) is 0.156. The number of carbonyl (C=O) groups excluding carboxylic acids is 2. The molecule has 0 spiro atoms. The zero-order valence-corrected chi connectivity index (χ0v) is 24.7. The van der Waals surface area contributed by atoms with Gasteiger partial charge in [-0.15, -0.1) is 0 Å². The van der Waals surface area contributed by atoms with Gasteiger partial charge in [-0.1, -0.05) is 29.8 Å². The second kappa shape index (κ2) is 14.2. The number of carbonyl (C=O) groups is 2. The summed E-state index contributed by atoms with van der Waals surface area (Å²) in [6.45, 7) is 6.19. The van der Waals surface area contributed by atoms with Gasteiger partial charge in [0, 0.05) is 36.3 Å². The maximum Gasteiger partial charge on any atom is 0.338 e. The van der Waals surface area contributed by atoms with E-state index < -0.39 is 29.7 Å². The highest BCUT2D eigenvalue weighted by Gasteiger charge is 2.25. The van der Waals surface area contributed by atoms with Gasteiger partial charge >= 0.3 is 5.97 Å². The normalized spacial score (nSPS) is 12.4. The molecule has 2 atom stereocenters. The highest BCUT2D eigenvalue weighted by Crippen LogP contribution is 2.20. The van der Waals surface area contributed by atoms with E-state index in [1.54, 1.807) is 26.2 Å². The summed E-state index contributed by atoms with van der Waals surface area (Å²) in [6.07, 6.45) is -0.791. The lowest BCUT2D eigenvalue weighted by Crippen LogP contribution is -2.46. The SMILES string of the molecule is COc1cccc(CNC[C@@H](OC(=O)c2cc(C)cc(C(=O)c3cc(C)ccc3C)c2)[C@@H](N)Cc2cc(F)cc(F)c2)c1. The number of aryl methyl sites for hydroxylation is 3. The van der Waals surface area contributed by atoms with E-state index in [0.29, 0.717) is 29.0 Å². The smallest absolute Gasteiger partial charge is 0.338 e. The van der Waals surface area contributed by atoms with Crippen LogP contribution in [0.1, 0.15) is 54.1 Å². The molecular formula is C35H36F2N2O4. The highest BCUT2D eigenvalue weighted by atomic mass is 19.1. The minimum Gasteiger partial charge on any atom is -0.497 e. The summed E-state index contributed by atoms with van der Waals surface area (Å²) in [5.41, 5.74) is 11.4. The molecule has 4 rings (SSSR count). The summed E-state index contributed by atoms with van der Waals surface area (Å²) in [6, 6.07) is 20.5. The zero-order valence-electron chi connectivity index (χ0n) is 24.7. The number of nitrogens with two attached hydrogens (primary N) is 1. The van der Waals surface area contributed by atoms with Gasteiger partial charge in [-0.05, 0) is 98.0 Å². The van der Waals surface area contributed by atoms with Crippen molar-refractivity contribution in [1.82, 2.24) is 5.32 Å². The number of hydrogen-bond acceptors (Lipinski definition) is 6. The predicted molar refractivity (Wildman–Crippen MR) is 162 cm³/mol. The molecule has 0 heterocycles. The molecule has 0 bridgehead atoms. The largest absolute Gasteiger partial charge is 0.497 e. The molecule has 0 amide bonds. The monoisotopic (exact) mass is 586 g/mol. The number of ether oxygens (including phenoxy) is 2. The van der Waals surface area contributed by atoms with Crippen molar-refractivity contribution in [2.75, 3.05) is 13.7 Å². The van der Waals surface area contributed by atoms with Crippen LogP contribution in [0.15, 0.2) is 78.9 Å². The third kappa shape index (κ3) is 8.56. The first-order valence-corrected chi connectivity index (χ1v) is 14.0. The Balaban J connectivity index is 1.55. The van der Waals surface area contributed by atoms with Crippen LogP contribution < -0.4 is 15.8 Å². The summed E-state index contributed by atoms with van der Waals surface area (Å²) in [7, 11) is 1.59. The fourth-order valence-corrected chi connectivity index (χ4v) is 4.93. The molecule has 0 aliphatic rings. The van der Waals surface area contributed by atoms with Crippen LogP contribution in [0.25, 0.3) is 0 Å². The fourth-order valence-electron chi connectivity index (χ4n) is 4.93. The van der Waals surface area contributed by atoms with Crippen molar-refractivity contribution < 1.29 is 27.8 Å². The third-order valence-corrected chi connectivity index (χ3v) is 7.15. The van der Waals surface area contributed by atoms with Crippen LogP contribution in [0.3, 0.4) is 0 Å². The van der Waals surface area contributed by atoms with Crippen LogP contribution >= 0.6 is 0 Å². The minimum atomic E-state index is -0.858. The Labute approximate surface area is 250 Å². The van der Waals surface area contributed by atoms with Gasteiger partial charge in [-0.25, -0.2) is 13.6 Å². The predicted octanol–water partition coefficient (Wildman–Crippen LogP) is 6.01. The Hall–Kier alpha value is -4.40. The Morgan fingerprint density at radius 3 is 2.28 bits per heavy atom. The second-order valence-electron chi connectivity index (χ2n) is 10.8.